The summed E-state index contributed by atoms with van der Waals surface area (Å²) in [5.74, 6) is 0. The molecule has 0 saturated heterocycles. The standard InChI is InChI=1S/C88H50N2O/c1-2-21-58-56(18-1)47-70(86-83(58)69-28-9-16-35-82(69)91-86)55-19-17-20-57(44-55)81-50-89-84-67-42-38-51(53-36-40-65-63-26-7-14-33-77(63)87(79(65)48-53)73-29-10-3-22-59(73)60-23-4-11-30-74(60)87)45-71(67)72-46-52(39-43-68(72)85(84)90-81)54-37-41-66-64-27-8-15-34-78(64)88(80(66)49-54)75-31-12-5-24-61(75)62-25-6-13-32-76(62)88/h1-50H. The zero-order chi connectivity index (χ0) is 59.3. The highest BCUT2D eigenvalue weighted by Crippen LogP contribution is 2.65. The van der Waals surface area contributed by atoms with E-state index in [2.05, 4.69) is 291 Å². The molecule has 15 aromatic carbocycles. The first-order valence-corrected chi connectivity index (χ1v) is 31.6. The summed E-state index contributed by atoms with van der Waals surface area (Å²) in [5, 5.41) is 8.98. The van der Waals surface area contributed by atoms with Crippen molar-refractivity contribution < 1.29 is 4.42 Å². The van der Waals surface area contributed by atoms with E-state index in [-0.39, 0.29) is 0 Å². The van der Waals surface area contributed by atoms with Crippen molar-refractivity contribution in [3.05, 3.63) is 348 Å². The maximum Gasteiger partial charge on any atom is 0.143 e. The zero-order valence-electron chi connectivity index (χ0n) is 49.2. The van der Waals surface area contributed by atoms with Crippen molar-refractivity contribution in [2.75, 3.05) is 0 Å². The topological polar surface area (TPSA) is 38.9 Å². The molecule has 3 heteroatoms. The smallest absolute Gasteiger partial charge is 0.143 e. The second kappa shape index (κ2) is 17.9. The van der Waals surface area contributed by atoms with Gasteiger partial charge in [-0.15, -0.1) is 0 Å². The van der Waals surface area contributed by atoms with Crippen LogP contribution in [0.5, 0.6) is 0 Å². The third kappa shape index (κ3) is 6.36. The molecule has 0 aliphatic heterocycles. The Balaban J connectivity index is 0.776. The average molecular weight is 1150 g/mol. The zero-order valence-corrected chi connectivity index (χ0v) is 49.2. The van der Waals surface area contributed by atoms with E-state index in [4.69, 9.17) is 14.4 Å². The van der Waals surface area contributed by atoms with E-state index in [1.165, 1.54) is 111 Å². The number of fused-ring (bicyclic) bond motifs is 31. The van der Waals surface area contributed by atoms with E-state index in [0.29, 0.717) is 0 Å². The van der Waals surface area contributed by atoms with Crippen LogP contribution in [-0.2, 0) is 10.8 Å². The lowest BCUT2D eigenvalue weighted by Gasteiger charge is -2.30. The van der Waals surface area contributed by atoms with Gasteiger partial charge >= 0.3 is 0 Å². The van der Waals surface area contributed by atoms with Crippen molar-refractivity contribution in [1.82, 2.24) is 9.97 Å². The molecule has 0 unspecified atom stereocenters. The molecule has 4 aliphatic carbocycles. The summed E-state index contributed by atoms with van der Waals surface area (Å²) in [6, 6.07) is 111. The fourth-order valence-electron chi connectivity index (χ4n) is 17.4. The summed E-state index contributed by atoms with van der Waals surface area (Å²) >= 11 is 0. The summed E-state index contributed by atoms with van der Waals surface area (Å²) in [6.45, 7) is 0. The quantitative estimate of drug-likeness (QED) is 0.165. The van der Waals surface area contributed by atoms with E-state index in [0.717, 1.165) is 88.0 Å². The van der Waals surface area contributed by atoms with Gasteiger partial charge in [0.25, 0.3) is 0 Å². The summed E-state index contributed by atoms with van der Waals surface area (Å²) in [4.78, 5) is 11.2. The fraction of sp³-hybridized carbons (Fsp3) is 0.0227. The molecule has 91 heavy (non-hydrogen) atoms. The van der Waals surface area contributed by atoms with Crippen LogP contribution in [-0.4, -0.2) is 9.97 Å². The number of aromatic nitrogens is 2. The van der Waals surface area contributed by atoms with Crippen molar-refractivity contribution in [1.29, 1.82) is 0 Å². The van der Waals surface area contributed by atoms with E-state index < -0.39 is 10.8 Å². The minimum Gasteiger partial charge on any atom is -0.455 e. The maximum absolute atomic E-state index is 6.76. The lowest BCUT2D eigenvalue weighted by molar-refractivity contribution is 0.670. The van der Waals surface area contributed by atoms with Gasteiger partial charge in [-0.25, -0.2) is 4.98 Å². The van der Waals surface area contributed by atoms with Crippen molar-refractivity contribution in [3.63, 3.8) is 0 Å². The summed E-state index contributed by atoms with van der Waals surface area (Å²) < 4.78 is 6.76. The highest BCUT2D eigenvalue weighted by Gasteiger charge is 2.53. The number of benzene rings is 15. The lowest BCUT2D eigenvalue weighted by Crippen LogP contribution is -2.25. The normalized spacial score (nSPS) is 13.9. The first kappa shape index (κ1) is 49.2. The summed E-state index contributed by atoms with van der Waals surface area (Å²) in [5.41, 5.74) is 32.2. The Morgan fingerprint density at radius 1 is 0.253 bits per heavy atom. The molecule has 17 aromatic rings. The second-order valence-corrected chi connectivity index (χ2v) is 25.3. The number of hydrogen-bond donors (Lipinski definition) is 0. The van der Waals surface area contributed by atoms with E-state index in [1.54, 1.807) is 0 Å². The molecule has 3 nitrogen and oxygen atoms in total. The molecule has 0 saturated carbocycles. The van der Waals surface area contributed by atoms with Crippen LogP contribution >= 0.6 is 0 Å². The van der Waals surface area contributed by atoms with Crippen molar-refractivity contribution >= 4 is 65.3 Å². The number of nitrogens with zero attached hydrogens (tertiary/aromatic N) is 2. The Labute approximate surface area is 524 Å². The third-order valence-electron chi connectivity index (χ3n) is 21.1. The number of para-hydroxylation sites is 1. The predicted octanol–water partition coefficient (Wildman–Crippen LogP) is 22.3. The second-order valence-electron chi connectivity index (χ2n) is 25.3. The van der Waals surface area contributed by atoms with Crippen LogP contribution in [0, 0.1) is 0 Å². The molecule has 0 atom stereocenters. The van der Waals surface area contributed by atoms with E-state index in [9.17, 15) is 0 Å². The maximum atomic E-state index is 6.76. The van der Waals surface area contributed by atoms with Crippen LogP contribution in [0.2, 0.25) is 0 Å². The van der Waals surface area contributed by atoms with Crippen LogP contribution in [0.1, 0.15) is 44.5 Å². The van der Waals surface area contributed by atoms with E-state index in [1.807, 2.05) is 12.3 Å². The molecule has 0 N–H and O–H groups in total. The highest BCUT2D eigenvalue weighted by atomic mass is 16.3. The number of furan rings is 1. The lowest BCUT2D eigenvalue weighted by atomic mass is 9.70. The van der Waals surface area contributed by atoms with Gasteiger partial charge in [-0.2, -0.15) is 0 Å². The van der Waals surface area contributed by atoms with Crippen LogP contribution in [0.3, 0.4) is 0 Å². The minimum absolute atomic E-state index is 0.454. The Hall–Kier alpha value is -11.8. The summed E-state index contributed by atoms with van der Waals surface area (Å²) in [7, 11) is 0. The van der Waals surface area contributed by atoms with Gasteiger partial charge in [-0.05, 0) is 181 Å². The average Bonchev–Trinajstić information content (AvgIpc) is 1.53. The van der Waals surface area contributed by atoms with Crippen molar-refractivity contribution in [2.24, 2.45) is 0 Å². The highest BCUT2D eigenvalue weighted by molar-refractivity contribution is 6.25. The van der Waals surface area contributed by atoms with Gasteiger partial charge in [0.2, 0.25) is 0 Å². The largest absolute Gasteiger partial charge is 0.455 e. The Morgan fingerprint density at radius 3 is 1.20 bits per heavy atom. The molecule has 21 rings (SSSR count). The van der Waals surface area contributed by atoms with Crippen molar-refractivity contribution in [3.8, 4) is 89.1 Å². The molecule has 0 radical (unpaired) electrons. The molecule has 418 valence electrons. The Bertz CT molecular complexity index is 5990. The van der Waals surface area contributed by atoms with Gasteiger partial charge in [-0.1, -0.05) is 255 Å². The molecule has 0 amide bonds. The molecular weight excluding hydrogens is 1100 g/mol. The van der Waals surface area contributed by atoms with Crippen LogP contribution in [0.15, 0.2) is 308 Å². The molecule has 4 aliphatic rings. The first-order valence-electron chi connectivity index (χ1n) is 31.6. The van der Waals surface area contributed by atoms with Gasteiger partial charge in [0.15, 0.2) is 0 Å². The first-order chi connectivity index (χ1) is 45.1. The van der Waals surface area contributed by atoms with Crippen molar-refractivity contribution in [2.45, 2.75) is 10.8 Å². The minimum atomic E-state index is -0.460. The predicted molar refractivity (Wildman–Crippen MR) is 374 cm³/mol. The molecule has 2 aromatic heterocycles. The fourth-order valence-corrected chi connectivity index (χ4v) is 17.4. The molecule has 0 fully saturated rings. The van der Waals surface area contributed by atoms with Crippen LogP contribution in [0.25, 0.3) is 154 Å². The summed E-state index contributed by atoms with van der Waals surface area (Å²) in [6.07, 6.45) is 1.97. The van der Waals surface area contributed by atoms with Crippen LogP contribution < -0.4 is 0 Å². The van der Waals surface area contributed by atoms with Crippen LogP contribution in [0.4, 0.5) is 0 Å². The SMILES string of the molecule is c1cc(-c2cnc3c4ccc(-c5ccc6c(c5)C5(c7ccccc7-c7ccccc75)c5ccccc5-6)cc4c4cc(-c5ccc6c(c5)C5(c7ccccc7-c7ccccc75)c5ccccc5-6)ccc4c3n2)cc(-c2cc3ccccc3c3c2oc2ccccc23)c1. The Morgan fingerprint density at radius 2 is 0.670 bits per heavy atom. The monoisotopic (exact) mass is 1150 g/mol. The van der Waals surface area contributed by atoms with E-state index >= 15 is 0 Å². The van der Waals surface area contributed by atoms with Gasteiger partial charge < -0.3 is 4.42 Å². The third-order valence-corrected chi connectivity index (χ3v) is 21.1. The van der Waals surface area contributed by atoms with Gasteiger partial charge in [-0.3, -0.25) is 4.98 Å². The number of hydrogen-bond acceptors (Lipinski definition) is 3. The molecule has 0 bridgehead atoms. The van der Waals surface area contributed by atoms with Gasteiger partial charge in [0, 0.05) is 32.7 Å². The molecule has 2 heterocycles. The molecular formula is C88H50N2O. The van der Waals surface area contributed by atoms with Gasteiger partial charge in [0.05, 0.1) is 33.8 Å². The molecule has 2 spiro atoms. The van der Waals surface area contributed by atoms with Gasteiger partial charge in [0.1, 0.15) is 11.2 Å². The number of rotatable bonds is 4. The Kier molecular flexibility index (Phi) is 9.71.